The van der Waals surface area contributed by atoms with Crippen LogP contribution in [0.4, 0.5) is 17.1 Å². The van der Waals surface area contributed by atoms with Gasteiger partial charge in [0.25, 0.3) is 0 Å². The minimum atomic E-state index is -2.54. The van der Waals surface area contributed by atoms with Crippen molar-refractivity contribution in [2.24, 2.45) is 10.7 Å². The van der Waals surface area contributed by atoms with Crippen LogP contribution in [0.1, 0.15) is 25.7 Å². The van der Waals surface area contributed by atoms with Crippen molar-refractivity contribution in [2.75, 3.05) is 36.4 Å². The second-order valence-corrected chi connectivity index (χ2v) is 13.4. The average molecular weight is 554 g/mol. The molecule has 1 saturated carbocycles. The van der Waals surface area contributed by atoms with E-state index >= 15 is 0 Å². The van der Waals surface area contributed by atoms with Crippen molar-refractivity contribution >= 4 is 52.9 Å². The molecule has 1 aliphatic carbocycles. The summed E-state index contributed by atoms with van der Waals surface area (Å²) >= 11 is 6.61. The first kappa shape index (κ1) is 27.7. The fourth-order valence-electron chi connectivity index (χ4n) is 3.85. The van der Waals surface area contributed by atoms with Crippen LogP contribution in [0.3, 0.4) is 0 Å². The van der Waals surface area contributed by atoms with Gasteiger partial charge < -0.3 is 31.0 Å². The summed E-state index contributed by atoms with van der Waals surface area (Å²) in [5.74, 6) is 1.30. The summed E-state index contributed by atoms with van der Waals surface area (Å²) in [5.41, 5.74) is 7.58. The Labute approximate surface area is 228 Å². The molecule has 10 heteroatoms. The molecule has 1 heterocycles. The van der Waals surface area contributed by atoms with Crippen molar-refractivity contribution in [3.8, 4) is 5.75 Å². The Morgan fingerprint density at radius 2 is 1.84 bits per heavy atom. The number of aliphatic imine (C=N–C) groups is 1. The van der Waals surface area contributed by atoms with Crippen molar-refractivity contribution in [1.29, 1.82) is 0 Å². The van der Waals surface area contributed by atoms with E-state index in [1.807, 2.05) is 36.4 Å². The topological polar surface area (TPSA) is 118 Å². The fraction of sp³-hybridized carbons (Fsp3) is 0.286. The van der Waals surface area contributed by atoms with E-state index < -0.39 is 7.14 Å². The number of anilines is 3. The number of halogens is 1. The summed E-state index contributed by atoms with van der Waals surface area (Å²) in [4.78, 5) is 17.1. The minimum absolute atomic E-state index is 0.257. The highest BCUT2D eigenvalue weighted by molar-refractivity contribution is 7.70. The molecule has 2 aromatic rings. The number of nitrogens with two attached hydrogens (primary N) is 1. The van der Waals surface area contributed by atoms with E-state index in [1.54, 1.807) is 44.7 Å². The van der Waals surface area contributed by atoms with E-state index in [2.05, 4.69) is 16.0 Å². The van der Waals surface area contributed by atoms with Crippen molar-refractivity contribution in [1.82, 2.24) is 0 Å². The number of hydrogen-bond acceptors (Lipinski definition) is 7. The number of nitrogens with zero attached hydrogens (tertiary/aromatic N) is 1. The molecule has 0 unspecified atom stereocenters. The van der Waals surface area contributed by atoms with Crippen LogP contribution in [0.5, 0.6) is 5.75 Å². The van der Waals surface area contributed by atoms with Crippen molar-refractivity contribution < 1.29 is 14.1 Å². The normalized spacial score (nSPS) is 18.3. The summed E-state index contributed by atoms with van der Waals surface area (Å²) in [7, 11) is -0.970. The Kier molecular flexibility index (Phi) is 8.46. The number of allylic oxidation sites excluding steroid dienone is 2. The van der Waals surface area contributed by atoms with Crippen molar-refractivity contribution in [3.63, 3.8) is 0 Å². The molecule has 200 valence electrons. The van der Waals surface area contributed by atoms with Gasteiger partial charge in [0.15, 0.2) is 5.84 Å². The monoisotopic (exact) mass is 553 g/mol. The van der Waals surface area contributed by atoms with Gasteiger partial charge in [0.05, 0.1) is 23.5 Å². The number of amidine groups is 1. The number of benzene rings is 2. The lowest BCUT2D eigenvalue weighted by molar-refractivity contribution is -0.111. The molecule has 2 aromatic carbocycles. The van der Waals surface area contributed by atoms with Gasteiger partial charge >= 0.3 is 0 Å². The quantitative estimate of drug-likeness (QED) is 0.249. The first-order chi connectivity index (χ1) is 18.1. The van der Waals surface area contributed by atoms with Crippen LogP contribution in [0, 0.1) is 0 Å². The lowest BCUT2D eigenvalue weighted by atomic mass is 10.2. The predicted molar refractivity (Wildman–Crippen MR) is 158 cm³/mol. The van der Waals surface area contributed by atoms with Gasteiger partial charge in [-0.1, -0.05) is 35.9 Å². The van der Waals surface area contributed by atoms with Gasteiger partial charge in [-0.3, -0.25) is 4.79 Å². The fourth-order valence-corrected chi connectivity index (χ4v) is 5.20. The maximum Gasteiger partial charge on any atom is 0.248 e. The van der Waals surface area contributed by atoms with E-state index in [0.29, 0.717) is 51.2 Å². The SMILES string of the molecule is COc1ccc(NC(=O)/C=C/C2(N)CC2)cc1NC1=CCC/C=C(\Cl)C(Nc2ccccc2P(C)(C)=O)=N1. The molecule has 1 fully saturated rings. The summed E-state index contributed by atoms with van der Waals surface area (Å²) in [6, 6.07) is 12.7. The largest absolute Gasteiger partial charge is 0.495 e. The van der Waals surface area contributed by atoms with Crippen LogP contribution >= 0.6 is 18.7 Å². The minimum Gasteiger partial charge on any atom is -0.495 e. The summed E-state index contributed by atoms with van der Waals surface area (Å²) in [5, 5.41) is 10.6. The number of ether oxygens (including phenoxy) is 1. The Morgan fingerprint density at radius 3 is 2.55 bits per heavy atom. The summed E-state index contributed by atoms with van der Waals surface area (Å²) in [6.07, 6.45) is 10.3. The highest BCUT2D eigenvalue weighted by Crippen LogP contribution is 2.38. The molecule has 0 bridgehead atoms. The first-order valence-electron chi connectivity index (χ1n) is 12.4. The van der Waals surface area contributed by atoms with Gasteiger partial charge in [-0.05, 0) is 75.4 Å². The number of methoxy groups -OCH3 is 1. The van der Waals surface area contributed by atoms with E-state index in [-0.39, 0.29) is 11.4 Å². The Morgan fingerprint density at radius 1 is 1.11 bits per heavy atom. The van der Waals surface area contributed by atoms with E-state index in [1.165, 1.54) is 6.08 Å². The Bertz CT molecular complexity index is 1390. The number of amides is 1. The molecule has 0 aromatic heterocycles. The number of hydrogen-bond donors (Lipinski definition) is 4. The molecule has 38 heavy (non-hydrogen) atoms. The molecule has 0 atom stereocenters. The van der Waals surface area contributed by atoms with Gasteiger partial charge in [-0.15, -0.1) is 0 Å². The predicted octanol–water partition coefficient (Wildman–Crippen LogP) is 5.61. The molecular formula is C28H33ClN5O3P. The lowest BCUT2D eigenvalue weighted by Gasteiger charge is -2.19. The molecule has 2 aliphatic rings. The van der Waals surface area contributed by atoms with Crippen molar-refractivity contribution in [3.05, 3.63) is 77.6 Å². The standard InChI is InChI=1S/C28H33ClN5O3P/c1-37-23-13-12-19(31-26(35)14-15-28(30)16-17-28)18-22(23)32-25-11-7-4-8-20(29)27(34-25)33-21-9-5-6-10-24(21)38(2,3)36/h5-6,8-15,18,32H,4,7,16-17,30H2,1-3H3,(H,31,35)(H,33,34)/b15-14+,20-8-,25-11?. The zero-order valence-electron chi connectivity index (χ0n) is 21.8. The van der Waals surface area contributed by atoms with Gasteiger partial charge in [-0.2, -0.15) is 0 Å². The van der Waals surface area contributed by atoms with Gasteiger partial charge in [0.2, 0.25) is 5.91 Å². The first-order valence-corrected chi connectivity index (χ1v) is 15.3. The van der Waals surface area contributed by atoms with Crippen LogP contribution in [0.15, 0.2) is 82.6 Å². The number of carbonyl (C=O) groups excluding carboxylic acids is 1. The van der Waals surface area contributed by atoms with Crippen molar-refractivity contribution in [2.45, 2.75) is 31.2 Å². The second kappa shape index (κ2) is 11.6. The average Bonchev–Trinajstić information content (AvgIpc) is 3.61. The van der Waals surface area contributed by atoms with Gasteiger partial charge in [0, 0.05) is 22.6 Å². The third kappa shape index (κ3) is 7.38. The molecule has 0 radical (unpaired) electrons. The summed E-state index contributed by atoms with van der Waals surface area (Å²) < 4.78 is 18.4. The van der Waals surface area contributed by atoms with Crippen LogP contribution in [0.25, 0.3) is 0 Å². The maximum atomic E-state index is 12.9. The number of rotatable bonds is 8. The molecule has 8 nitrogen and oxygen atoms in total. The highest BCUT2D eigenvalue weighted by Gasteiger charge is 2.35. The third-order valence-corrected chi connectivity index (χ3v) is 8.03. The van der Waals surface area contributed by atoms with Crippen LogP contribution < -0.4 is 31.7 Å². The highest BCUT2D eigenvalue weighted by atomic mass is 35.5. The molecule has 0 saturated heterocycles. The van der Waals surface area contributed by atoms with Crippen LogP contribution in [0.2, 0.25) is 0 Å². The molecule has 0 spiro atoms. The molecule has 5 N–H and O–H groups in total. The molecule has 1 aliphatic heterocycles. The molecule has 1 amide bonds. The van der Waals surface area contributed by atoms with Crippen LogP contribution in [-0.2, 0) is 9.36 Å². The third-order valence-electron chi connectivity index (χ3n) is 6.15. The second-order valence-electron chi connectivity index (χ2n) is 9.77. The number of nitrogens with one attached hydrogen (secondary N) is 3. The van der Waals surface area contributed by atoms with Gasteiger partial charge in [0.1, 0.15) is 18.7 Å². The smallest absolute Gasteiger partial charge is 0.248 e. The maximum absolute atomic E-state index is 12.9. The van der Waals surface area contributed by atoms with Gasteiger partial charge in [-0.25, -0.2) is 4.99 Å². The number of carbonyl (C=O) groups is 1. The number of para-hydroxylation sites is 1. The zero-order valence-corrected chi connectivity index (χ0v) is 23.4. The van der Waals surface area contributed by atoms with Crippen LogP contribution in [-0.4, -0.2) is 37.7 Å². The summed E-state index contributed by atoms with van der Waals surface area (Å²) in [6.45, 7) is 3.46. The van der Waals surface area contributed by atoms with E-state index in [9.17, 15) is 9.36 Å². The molecular weight excluding hydrogens is 521 g/mol. The Balaban J connectivity index is 1.59. The zero-order chi connectivity index (χ0) is 27.3. The van der Waals surface area contributed by atoms with E-state index in [4.69, 9.17) is 27.1 Å². The van der Waals surface area contributed by atoms with E-state index in [0.717, 1.165) is 19.3 Å². The lowest BCUT2D eigenvalue weighted by Crippen LogP contribution is -2.20. The molecule has 4 rings (SSSR count). The Hall–Kier alpha value is -3.32.